The van der Waals surface area contributed by atoms with E-state index in [4.69, 9.17) is 4.74 Å². The molecule has 0 radical (unpaired) electrons. The van der Waals surface area contributed by atoms with Crippen LogP contribution < -0.4 is 0 Å². The summed E-state index contributed by atoms with van der Waals surface area (Å²) >= 11 is 0. The summed E-state index contributed by atoms with van der Waals surface area (Å²) in [5.41, 5.74) is 2.62. The molecule has 0 bridgehead atoms. The molecule has 0 atom stereocenters. The summed E-state index contributed by atoms with van der Waals surface area (Å²) in [5, 5.41) is 0. The molecule has 2 heteroatoms. The van der Waals surface area contributed by atoms with Gasteiger partial charge in [0.1, 0.15) is 0 Å². The van der Waals surface area contributed by atoms with E-state index in [9.17, 15) is 0 Å². The first-order chi connectivity index (χ1) is 6.86. The van der Waals surface area contributed by atoms with Crippen LogP contribution >= 0.6 is 0 Å². The molecule has 2 nitrogen and oxygen atoms in total. The lowest BCUT2D eigenvalue weighted by molar-refractivity contribution is 0.276. The maximum atomic E-state index is 5.49. The van der Waals surface area contributed by atoms with Crippen LogP contribution in [0.3, 0.4) is 0 Å². The van der Waals surface area contributed by atoms with Crippen molar-refractivity contribution >= 4 is 5.90 Å². The molecule has 0 aromatic heterocycles. The van der Waals surface area contributed by atoms with E-state index in [0.29, 0.717) is 0 Å². The smallest absolute Gasteiger partial charge is 0.187 e. The molecule has 1 aromatic rings. The number of aryl methyl sites for hydroxylation is 1. The van der Waals surface area contributed by atoms with Gasteiger partial charge in [0, 0.05) is 19.4 Å². The van der Waals surface area contributed by atoms with E-state index < -0.39 is 0 Å². The zero-order valence-electron chi connectivity index (χ0n) is 8.49. The van der Waals surface area contributed by atoms with Crippen LogP contribution in [0, 0.1) is 6.92 Å². The second-order valence-corrected chi connectivity index (χ2v) is 3.58. The predicted molar refractivity (Wildman–Crippen MR) is 57.8 cm³/mol. The van der Waals surface area contributed by atoms with Crippen molar-refractivity contribution < 1.29 is 4.74 Å². The quantitative estimate of drug-likeness (QED) is 0.699. The fourth-order valence-electron chi connectivity index (χ4n) is 1.58. The van der Waals surface area contributed by atoms with Crippen LogP contribution in [0.5, 0.6) is 0 Å². The Hall–Kier alpha value is -1.31. The second-order valence-electron chi connectivity index (χ2n) is 3.58. The van der Waals surface area contributed by atoms with Gasteiger partial charge in [-0.05, 0) is 18.1 Å². The molecule has 2 rings (SSSR count). The van der Waals surface area contributed by atoms with E-state index in [0.717, 1.165) is 31.9 Å². The zero-order valence-corrected chi connectivity index (χ0v) is 8.49. The highest BCUT2D eigenvalue weighted by atomic mass is 16.5. The van der Waals surface area contributed by atoms with Gasteiger partial charge < -0.3 is 4.74 Å². The van der Waals surface area contributed by atoms with Crippen molar-refractivity contribution in [2.75, 3.05) is 13.2 Å². The second kappa shape index (κ2) is 4.27. The van der Waals surface area contributed by atoms with Crippen LogP contribution in [0.15, 0.2) is 29.3 Å². The Kier molecular flexibility index (Phi) is 2.82. The molecule has 0 aliphatic carbocycles. The van der Waals surface area contributed by atoms with Gasteiger partial charge in [0.25, 0.3) is 0 Å². The monoisotopic (exact) mass is 189 g/mol. The molecule has 0 amide bonds. The highest BCUT2D eigenvalue weighted by molar-refractivity contribution is 5.79. The van der Waals surface area contributed by atoms with Gasteiger partial charge in [0.15, 0.2) is 5.90 Å². The lowest BCUT2D eigenvalue weighted by atomic mass is 10.1. The Bertz CT molecular complexity index is 344. The van der Waals surface area contributed by atoms with Gasteiger partial charge in [-0.2, -0.15) is 0 Å². The molecule has 14 heavy (non-hydrogen) atoms. The van der Waals surface area contributed by atoms with Gasteiger partial charge in [-0.15, -0.1) is 0 Å². The lowest BCUT2D eigenvalue weighted by Crippen LogP contribution is -2.16. The maximum Gasteiger partial charge on any atom is 0.187 e. The van der Waals surface area contributed by atoms with Crippen molar-refractivity contribution in [2.45, 2.75) is 19.8 Å². The molecule has 0 saturated carbocycles. The Morgan fingerprint density at radius 3 is 2.93 bits per heavy atom. The number of rotatable bonds is 2. The topological polar surface area (TPSA) is 21.6 Å². The Balaban J connectivity index is 2.10. The number of hydrogen-bond donors (Lipinski definition) is 0. The Morgan fingerprint density at radius 1 is 1.36 bits per heavy atom. The summed E-state index contributed by atoms with van der Waals surface area (Å²) < 4.78 is 5.49. The lowest BCUT2D eigenvalue weighted by Gasteiger charge is -2.14. The van der Waals surface area contributed by atoms with E-state index >= 15 is 0 Å². The molecule has 0 fully saturated rings. The Morgan fingerprint density at radius 2 is 2.21 bits per heavy atom. The van der Waals surface area contributed by atoms with Crippen molar-refractivity contribution in [1.82, 2.24) is 0 Å². The summed E-state index contributed by atoms with van der Waals surface area (Å²) in [6, 6.07) is 8.38. The normalized spacial score (nSPS) is 15.9. The van der Waals surface area contributed by atoms with Crippen LogP contribution in [0.1, 0.15) is 17.5 Å². The minimum Gasteiger partial charge on any atom is -0.481 e. The first-order valence-electron chi connectivity index (χ1n) is 5.07. The number of nitrogens with zero attached hydrogens (tertiary/aromatic N) is 1. The summed E-state index contributed by atoms with van der Waals surface area (Å²) in [6.07, 6.45) is 1.89. The van der Waals surface area contributed by atoms with Gasteiger partial charge in [0.05, 0.1) is 6.61 Å². The fraction of sp³-hybridized carbons (Fsp3) is 0.417. The average molecular weight is 189 g/mol. The molecule has 1 heterocycles. The van der Waals surface area contributed by atoms with Gasteiger partial charge in [-0.1, -0.05) is 24.3 Å². The molecule has 1 aliphatic heterocycles. The van der Waals surface area contributed by atoms with Crippen molar-refractivity contribution in [2.24, 2.45) is 4.99 Å². The highest BCUT2D eigenvalue weighted by Crippen LogP contribution is 2.10. The minimum absolute atomic E-state index is 0.824. The molecule has 74 valence electrons. The van der Waals surface area contributed by atoms with Gasteiger partial charge in [-0.3, -0.25) is 4.99 Å². The predicted octanol–water partition coefficient (Wildman–Crippen LogP) is 2.36. The highest BCUT2D eigenvalue weighted by Gasteiger charge is 2.07. The molecule has 1 aliphatic rings. The number of benzene rings is 1. The standard InChI is InChI=1S/C12H15NO/c1-10-5-2-3-6-11(10)9-12-13-7-4-8-14-12/h2-3,5-6H,4,7-9H2,1H3. The van der Waals surface area contributed by atoms with Crippen LogP contribution in [0.2, 0.25) is 0 Å². The molecular weight excluding hydrogens is 174 g/mol. The molecular formula is C12H15NO. The van der Waals surface area contributed by atoms with Gasteiger partial charge >= 0.3 is 0 Å². The van der Waals surface area contributed by atoms with Crippen LogP contribution in [-0.4, -0.2) is 19.0 Å². The van der Waals surface area contributed by atoms with Gasteiger partial charge in [-0.25, -0.2) is 0 Å². The first-order valence-corrected chi connectivity index (χ1v) is 5.07. The molecule has 0 unspecified atom stereocenters. The number of aliphatic imine (C=N–C) groups is 1. The summed E-state index contributed by atoms with van der Waals surface area (Å²) in [7, 11) is 0. The first kappa shape index (κ1) is 9.25. The molecule has 1 aromatic carbocycles. The third-order valence-corrected chi connectivity index (χ3v) is 2.46. The summed E-state index contributed by atoms with van der Waals surface area (Å²) in [5.74, 6) is 0.894. The largest absolute Gasteiger partial charge is 0.481 e. The van der Waals surface area contributed by atoms with Crippen LogP contribution in [0.25, 0.3) is 0 Å². The summed E-state index contributed by atoms with van der Waals surface area (Å²) in [6.45, 7) is 3.87. The third kappa shape index (κ3) is 2.13. The maximum absolute atomic E-state index is 5.49. The van der Waals surface area contributed by atoms with E-state index in [2.05, 4.69) is 36.2 Å². The van der Waals surface area contributed by atoms with Crippen molar-refractivity contribution in [1.29, 1.82) is 0 Å². The van der Waals surface area contributed by atoms with E-state index in [1.54, 1.807) is 0 Å². The van der Waals surface area contributed by atoms with Gasteiger partial charge in [0.2, 0.25) is 0 Å². The SMILES string of the molecule is Cc1ccccc1CC1=NCCCO1. The third-order valence-electron chi connectivity index (χ3n) is 2.46. The van der Waals surface area contributed by atoms with Crippen molar-refractivity contribution in [3.8, 4) is 0 Å². The minimum atomic E-state index is 0.824. The van der Waals surface area contributed by atoms with E-state index in [1.165, 1.54) is 11.1 Å². The van der Waals surface area contributed by atoms with E-state index in [1.807, 2.05) is 0 Å². The van der Waals surface area contributed by atoms with E-state index in [-0.39, 0.29) is 0 Å². The van der Waals surface area contributed by atoms with Crippen LogP contribution in [-0.2, 0) is 11.2 Å². The summed E-state index contributed by atoms with van der Waals surface area (Å²) in [4.78, 5) is 4.36. The molecule has 0 saturated heterocycles. The average Bonchev–Trinajstić information content (AvgIpc) is 2.23. The van der Waals surface area contributed by atoms with Crippen molar-refractivity contribution in [3.63, 3.8) is 0 Å². The number of ether oxygens (including phenoxy) is 1. The Labute approximate surface area is 84.6 Å². The van der Waals surface area contributed by atoms with Crippen molar-refractivity contribution in [3.05, 3.63) is 35.4 Å². The van der Waals surface area contributed by atoms with Crippen LogP contribution in [0.4, 0.5) is 0 Å². The fourth-order valence-corrected chi connectivity index (χ4v) is 1.58. The molecule has 0 spiro atoms. The number of hydrogen-bond acceptors (Lipinski definition) is 2. The zero-order chi connectivity index (χ0) is 9.80. The molecule has 0 N–H and O–H groups in total.